The van der Waals surface area contributed by atoms with Crippen LogP contribution in [0.3, 0.4) is 0 Å². The van der Waals surface area contributed by atoms with Crippen molar-refractivity contribution in [2.75, 3.05) is 26.2 Å². The summed E-state index contributed by atoms with van der Waals surface area (Å²) >= 11 is 0. The van der Waals surface area contributed by atoms with Crippen LogP contribution >= 0.6 is 0 Å². The van der Waals surface area contributed by atoms with Crippen molar-refractivity contribution in [3.05, 3.63) is 24.2 Å². The first-order valence-corrected chi connectivity index (χ1v) is 7.51. The molecule has 0 bridgehead atoms. The molecule has 2 aliphatic rings. The zero-order valence-electron chi connectivity index (χ0n) is 11.8. The van der Waals surface area contributed by atoms with Gasteiger partial charge in [-0.1, -0.05) is 0 Å². The normalized spacial score (nSPS) is 28.8. The van der Waals surface area contributed by atoms with E-state index in [1.54, 1.807) is 6.26 Å². The van der Waals surface area contributed by atoms with Crippen molar-refractivity contribution < 1.29 is 4.42 Å². The summed E-state index contributed by atoms with van der Waals surface area (Å²) < 4.78 is 5.53. The van der Waals surface area contributed by atoms with Crippen LogP contribution in [0.1, 0.15) is 38.0 Å². The Morgan fingerprint density at radius 1 is 1.26 bits per heavy atom. The van der Waals surface area contributed by atoms with E-state index in [-0.39, 0.29) is 0 Å². The minimum absolute atomic E-state index is 0.395. The molecule has 2 fully saturated rings. The van der Waals surface area contributed by atoms with E-state index in [0.29, 0.717) is 18.1 Å². The smallest absolute Gasteiger partial charge is 0.120 e. The largest absolute Gasteiger partial charge is 0.468 e. The van der Waals surface area contributed by atoms with Crippen molar-refractivity contribution in [1.82, 2.24) is 9.80 Å². The lowest BCUT2D eigenvalue weighted by Gasteiger charge is -2.35. The van der Waals surface area contributed by atoms with Crippen molar-refractivity contribution in [3.63, 3.8) is 0 Å². The number of rotatable bonds is 3. The average Bonchev–Trinajstić information content (AvgIpc) is 3.10. The number of nitrogens with zero attached hydrogens (tertiary/aromatic N) is 2. The van der Waals surface area contributed by atoms with E-state index in [4.69, 9.17) is 10.2 Å². The molecular formula is C15H25N3O. The van der Waals surface area contributed by atoms with Crippen LogP contribution in [0, 0.1) is 0 Å². The van der Waals surface area contributed by atoms with Gasteiger partial charge in [-0.25, -0.2) is 0 Å². The Labute approximate surface area is 115 Å². The SMILES string of the molecule is CC(c1ccco1)N1CCC(N2CCC(N)CC2)C1. The summed E-state index contributed by atoms with van der Waals surface area (Å²) in [5.74, 6) is 1.08. The second-order valence-electron chi connectivity index (χ2n) is 6.00. The summed E-state index contributed by atoms with van der Waals surface area (Å²) in [6.45, 7) is 6.93. The summed E-state index contributed by atoms with van der Waals surface area (Å²) in [5, 5.41) is 0. The second-order valence-corrected chi connectivity index (χ2v) is 6.00. The summed E-state index contributed by atoms with van der Waals surface area (Å²) in [6.07, 6.45) is 5.36. The second kappa shape index (κ2) is 5.65. The van der Waals surface area contributed by atoms with Gasteiger partial charge in [0.2, 0.25) is 0 Å². The highest BCUT2D eigenvalue weighted by Gasteiger charge is 2.32. The molecule has 2 aliphatic heterocycles. The lowest BCUT2D eigenvalue weighted by molar-refractivity contribution is 0.142. The van der Waals surface area contributed by atoms with Crippen molar-refractivity contribution in [1.29, 1.82) is 0 Å². The Balaban J connectivity index is 1.55. The Morgan fingerprint density at radius 2 is 2.05 bits per heavy atom. The molecule has 0 spiro atoms. The highest BCUT2D eigenvalue weighted by Crippen LogP contribution is 2.27. The van der Waals surface area contributed by atoms with E-state index >= 15 is 0 Å². The van der Waals surface area contributed by atoms with Gasteiger partial charge in [-0.15, -0.1) is 0 Å². The predicted molar refractivity (Wildman–Crippen MR) is 75.9 cm³/mol. The fraction of sp³-hybridized carbons (Fsp3) is 0.733. The highest BCUT2D eigenvalue weighted by atomic mass is 16.3. The fourth-order valence-electron chi connectivity index (χ4n) is 3.41. The van der Waals surface area contributed by atoms with Crippen LogP contribution in [-0.2, 0) is 0 Å². The Kier molecular flexibility index (Phi) is 3.91. The maximum Gasteiger partial charge on any atom is 0.120 e. The minimum Gasteiger partial charge on any atom is -0.468 e. The molecule has 3 rings (SSSR count). The molecule has 0 saturated carbocycles. The van der Waals surface area contributed by atoms with Crippen LogP contribution in [-0.4, -0.2) is 48.1 Å². The van der Waals surface area contributed by atoms with Gasteiger partial charge in [0.25, 0.3) is 0 Å². The summed E-state index contributed by atoms with van der Waals surface area (Å²) in [4.78, 5) is 5.18. The third kappa shape index (κ3) is 2.86. The lowest BCUT2D eigenvalue weighted by atomic mass is 10.0. The zero-order valence-corrected chi connectivity index (χ0v) is 11.8. The minimum atomic E-state index is 0.395. The third-order valence-corrected chi connectivity index (χ3v) is 4.79. The number of furan rings is 1. The van der Waals surface area contributed by atoms with Gasteiger partial charge in [0, 0.05) is 25.2 Å². The fourth-order valence-corrected chi connectivity index (χ4v) is 3.41. The molecule has 1 aromatic heterocycles. The summed E-state index contributed by atoms with van der Waals surface area (Å²) in [6, 6.07) is 5.59. The first kappa shape index (κ1) is 13.2. The van der Waals surface area contributed by atoms with Crippen molar-refractivity contribution in [2.45, 2.75) is 44.3 Å². The van der Waals surface area contributed by atoms with E-state index in [0.717, 1.165) is 25.1 Å². The van der Waals surface area contributed by atoms with Crippen molar-refractivity contribution in [2.24, 2.45) is 5.73 Å². The molecule has 2 N–H and O–H groups in total. The van der Waals surface area contributed by atoms with Crippen LogP contribution in [0.5, 0.6) is 0 Å². The average molecular weight is 263 g/mol. The molecule has 0 aliphatic carbocycles. The maximum atomic E-state index is 5.99. The number of hydrogen-bond acceptors (Lipinski definition) is 4. The van der Waals surface area contributed by atoms with Gasteiger partial charge in [-0.3, -0.25) is 9.80 Å². The number of hydrogen-bond donors (Lipinski definition) is 1. The molecule has 0 aromatic carbocycles. The molecule has 2 unspecified atom stereocenters. The van der Waals surface area contributed by atoms with Crippen LogP contribution in [0.2, 0.25) is 0 Å². The zero-order chi connectivity index (χ0) is 13.2. The lowest BCUT2D eigenvalue weighted by Crippen LogP contribution is -2.46. The Bertz CT molecular complexity index is 384. The maximum absolute atomic E-state index is 5.99. The van der Waals surface area contributed by atoms with E-state index < -0.39 is 0 Å². The molecule has 2 saturated heterocycles. The molecule has 4 heteroatoms. The number of likely N-dealkylation sites (tertiary alicyclic amines) is 2. The van der Waals surface area contributed by atoms with Gasteiger partial charge in [0.15, 0.2) is 0 Å². The summed E-state index contributed by atoms with van der Waals surface area (Å²) in [5.41, 5.74) is 5.99. The van der Waals surface area contributed by atoms with Crippen LogP contribution in [0.4, 0.5) is 0 Å². The number of piperidine rings is 1. The van der Waals surface area contributed by atoms with Gasteiger partial charge in [-0.2, -0.15) is 0 Å². The van der Waals surface area contributed by atoms with Crippen molar-refractivity contribution >= 4 is 0 Å². The molecule has 3 heterocycles. The van der Waals surface area contributed by atoms with Gasteiger partial charge in [0.05, 0.1) is 12.3 Å². The monoisotopic (exact) mass is 263 g/mol. The first-order valence-electron chi connectivity index (χ1n) is 7.51. The number of nitrogens with two attached hydrogens (primary N) is 1. The first-order chi connectivity index (χ1) is 9.24. The molecular weight excluding hydrogens is 238 g/mol. The molecule has 4 nitrogen and oxygen atoms in total. The quantitative estimate of drug-likeness (QED) is 0.904. The predicted octanol–water partition coefficient (Wildman–Crippen LogP) is 1.84. The molecule has 19 heavy (non-hydrogen) atoms. The van der Waals surface area contributed by atoms with Gasteiger partial charge in [0.1, 0.15) is 5.76 Å². The van der Waals surface area contributed by atoms with Gasteiger partial charge >= 0.3 is 0 Å². The Hall–Kier alpha value is -0.840. The summed E-state index contributed by atoms with van der Waals surface area (Å²) in [7, 11) is 0. The van der Waals surface area contributed by atoms with Crippen molar-refractivity contribution in [3.8, 4) is 0 Å². The molecule has 0 amide bonds. The molecule has 1 aromatic rings. The van der Waals surface area contributed by atoms with E-state index in [1.807, 2.05) is 6.07 Å². The van der Waals surface area contributed by atoms with Crippen LogP contribution in [0.15, 0.2) is 22.8 Å². The topological polar surface area (TPSA) is 45.6 Å². The van der Waals surface area contributed by atoms with E-state index in [9.17, 15) is 0 Å². The third-order valence-electron chi connectivity index (χ3n) is 4.79. The van der Waals surface area contributed by atoms with Crippen LogP contribution in [0.25, 0.3) is 0 Å². The molecule has 106 valence electrons. The highest BCUT2D eigenvalue weighted by molar-refractivity contribution is 5.05. The molecule has 2 atom stereocenters. The van der Waals surface area contributed by atoms with Gasteiger partial charge < -0.3 is 10.2 Å². The Morgan fingerprint density at radius 3 is 2.74 bits per heavy atom. The van der Waals surface area contributed by atoms with E-state index in [1.165, 1.54) is 26.1 Å². The van der Waals surface area contributed by atoms with E-state index in [2.05, 4.69) is 22.8 Å². The van der Waals surface area contributed by atoms with Crippen LogP contribution < -0.4 is 5.73 Å². The molecule has 0 radical (unpaired) electrons. The van der Waals surface area contributed by atoms with Gasteiger partial charge in [-0.05, 0) is 51.4 Å². The standard InChI is InChI=1S/C15H25N3O/c1-12(15-3-2-10-19-15)18-9-6-14(11-18)17-7-4-13(16)5-8-17/h2-3,10,12-14H,4-9,11,16H2,1H3.